The molecule has 2 atom stereocenters. The monoisotopic (exact) mass is 236 g/mol. The van der Waals surface area contributed by atoms with E-state index in [4.69, 9.17) is 4.42 Å². The molecule has 86 valence electrons. The summed E-state index contributed by atoms with van der Waals surface area (Å²) in [5.41, 5.74) is 1.10. The van der Waals surface area contributed by atoms with Gasteiger partial charge in [-0.3, -0.25) is 5.32 Å². The molecule has 0 fully saturated rings. The molecule has 0 aliphatic rings. The lowest BCUT2D eigenvalue weighted by molar-refractivity contribution is 0.400. The summed E-state index contributed by atoms with van der Waals surface area (Å²) in [6.07, 6.45) is 1.70. The summed E-state index contributed by atoms with van der Waals surface area (Å²) in [5.74, 6) is 0.957. The number of aryl methyl sites for hydroxylation is 1. The summed E-state index contributed by atoms with van der Waals surface area (Å²) in [6.45, 7) is 6.24. The van der Waals surface area contributed by atoms with Gasteiger partial charge in [0.15, 0.2) is 0 Å². The molecule has 0 radical (unpaired) electrons. The number of nitrogens with one attached hydrogen (secondary N) is 1. The van der Waals surface area contributed by atoms with E-state index in [0.29, 0.717) is 0 Å². The molecule has 0 aliphatic heterocycles. The Kier molecular flexibility index (Phi) is 3.41. The van der Waals surface area contributed by atoms with Gasteiger partial charge in [0.2, 0.25) is 0 Å². The Bertz CT molecular complexity index is 436. The first-order valence-corrected chi connectivity index (χ1v) is 6.26. The summed E-state index contributed by atoms with van der Waals surface area (Å²) >= 11 is 1.68. The smallest absolute Gasteiger partial charge is 0.120 e. The van der Waals surface area contributed by atoms with E-state index in [2.05, 4.69) is 29.5 Å². The molecule has 1 N–H and O–H groups in total. The van der Waals surface area contributed by atoms with Crippen molar-refractivity contribution in [3.05, 3.63) is 40.2 Å². The number of aromatic nitrogens is 1. The Hall–Kier alpha value is -1.13. The van der Waals surface area contributed by atoms with E-state index in [9.17, 15) is 0 Å². The van der Waals surface area contributed by atoms with Crippen molar-refractivity contribution in [1.29, 1.82) is 0 Å². The van der Waals surface area contributed by atoms with Gasteiger partial charge in [0.05, 0.1) is 23.0 Å². The van der Waals surface area contributed by atoms with Crippen molar-refractivity contribution in [2.75, 3.05) is 0 Å². The number of nitrogens with zero attached hydrogens (tertiary/aromatic N) is 1. The standard InChI is InChI=1S/C12H16N2OS/c1-8(11-7-16-10(3)14-11)13-9(2)12-5-4-6-15-12/h4-9,13H,1-3H3. The third-order valence-electron chi connectivity index (χ3n) is 2.55. The van der Waals surface area contributed by atoms with Crippen molar-refractivity contribution in [2.45, 2.75) is 32.9 Å². The second-order valence-corrected chi connectivity index (χ2v) is 4.98. The highest BCUT2D eigenvalue weighted by Crippen LogP contribution is 2.20. The van der Waals surface area contributed by atoms with Crippen LogP contribution >= 0.6 is 11.3 Å². The molecule has 0 bridgehead atoms. The minimum absolute atomic E-state index is 0.201. The van der Waals surface area contributed by atoms with E-state index in [1.165, 1.54) is 0 Å². The third-order valence-corrected chi connectivity index (χ3v) is 3.34. The van der Waals surface area contributed by atoms with E-state index >= 15 is 0 Å². The zero-order valence-corrected chi connectivity index (χ0v) is 10.5. The number of thiazole rings is 1. The highest BCUT2D eigenvalue weighted by Gasteiger charge is 2.14. The molecule has 0 saturated carbocycles. The van der Waals surface area contributed by atoms with Crippen LogP contribution in [-0.4, -0.2) is 4.98 Å². The largest absolute Gasteiger partial charge is 0.468 e. The molecule has 2 heterocycles. The molecule has 0 spiro atoms. The molecule has 2 aromatic heterocycles. The van der Waals surface area contributed by atoms with Gasteiger partial charge < -0.3 is 4.42 Å². The van der Waals surface area contributed by atoms with E-state index in [-0.39, 0.29) is 12.1 Å². The van der Waals surface area contributed by atoms with E-state index < -0.39 is 0 Å². The van der Waals surface area contributed by atoms with Crippen LogP contribution in [0.4, 0.5) is 0 Å². The molecule has 2 aromatic rings. The second kappa shape index (κ2) is 4.80. The minimum Gasteiger partial charge on any atom is -0.468 e. The minimum atomic E-state index is 0.201. The van der Waals surface area contributed by atoms with Crippen molar-refractivity contribution in [1.82, 2.24) is 10.3 Å². The quantitative estimate of drug-likeness (QED) is 0.883. The van der Waals surface area contributed by atoms with Gasteiger partial charge in [0.1, 0.15) is 5.76 Å². The zero-order chi connectivity index (χ0) is 11.5. The first-order chi connectivity index (χ1) is 7.66. The average Bonchev–Trinajstić information content (AvgIpc) is 2.87. The lowest BCUT2D eigenvalue weighted by Gasteiger charge is -2.16. The zero-order valence-electron chi connectivity index (χ0n) is 9.73. The Morgan fingerprint density at radius 2 is 2.19 bits per heavy atom. The molecule has 0 aromatic carbocycles. The molecule has 0 aliphatic carbocycles. The van der Waals surface area contributed by atoms with Crippen molar-refractivity contribution in [3.63, 3.8) is 0 Å². The molecule has 4 heteroatoms. The summed E-state index contributed by atoms with van der Waals surface area (Å²) in [7, 11) is 0. The first kappa shape index (κ1) is 11.4. The first-order valence-electron chi connectivity index (χ1n) is 5.38. The summed E-state index contributed by atoms with van der Waals surface area (Å²) in [5, 5.41) is 6.67. The third kappa shape index (κ3) is 2.51. The van der Waals surface area contributed by atoms with Crippen LogP contribution in [0.5, 0.6) is 0 Å². The van der Waals surface area contributed by atoms with Gasteiger partial charge in [-0.25, -0.2) is 4.98 Å². The predicted molar refractivity (Wildman–Crippen MR) is 65.5 cm³/mol. The van der Waals surface area contributed by atoms with Crippen LogP contribution < -0.4 is 5.32 Å². The topological polar surface area (TPSA) is 38.1 Å². The fourth-order valence-electron chi connectivity index (χ4n) is 1.66. The van der Waals surface area contributed by atoms with Crippen LogP contribution in [0.25, 0.3) is 0 Å². The Labute approximate surface area is 99.5 Å². The van der Waals surface area contributed by atoms with Gasteiger partial charge in [-0.1, -0.05) is 0 Å². The van der Waals surface area contributed by atoms with Crippen LogP contribution in [0.15, 0.2) is 28.2 Å². The van der Waals surface area contributed by atoms with E-state index in [1.807, 2.05) is 19.1 Å². The van der Waals surface area contributed by atoms with Gasteiger partial charge in [-0.05, 0) is 32.9 Å². The van der Waals surface area contributed by atoms with Crippen LogP contribution in [-0.2, 0) is 0 Å². The SMILES string of the molecule is Cc1nc(C(C)NC(C)c2ccco2)cs1. The van der Waals surface area contributed by atoms with Crippen molar-refractivity contribution in [3.8, 4) is 0 Å². The van der Waals surface area contributed by atoms with Crippen LogP contribution in [0.2, 0.25) is 0 Å². The maximum atomic E-state index is 5.36. The van der Waals surface area contributed by atoms with E-state index in [0.717, 1.165) is 16.5 Å². The molecular weight excluding hydrogens is 220 g/mol. The van der Waals surface area contributed by atoms with Gasteiger partial charge in [-0.15, -0.1) is 11.3 Å². The van der Waals surface area contributed by atoms with Crippen molar-refractivity contribution >= 4 is 11.3 Å². The van der Waals surface area contributed by atoms with Gasteiger partial charge in [-0.2, -0.15) is 0 Å². The van der Waals surface area contributed by atoms with Gasteiger partial charge >= 0.3 is 0 Å². The van der Waals surface area contributed by atoms with Gasteiger partial charge in [0.25, 0.3) is 0 Å². The average molecular weight is 236 g/mol. The highest BCUT2D eigenvalue weighted by molar-refractivity contribution is 7.09. The summed E-state index contributed by atoms with van der Waals surface area (Å²) < 4.78 is 5.36. The Morgan fingerprint density at radius 1 is 1.38 bits per heavy atom. The number of hydrogen-bond donors (Lipinski definition) is 1. The molecule has 0 amide bonds. The summed E-state index contributed by atoms with van der Waals surface area (Å²) in [4.78, 5) is 4.47. The fraction of sp³-hybridized carbons (Fsp3) is 0.417. The predicted octanol–water partition coefficient (Wildman–Crippen LogP) is 3.46. The molecular formula is C12H16N2OS. The molecule has 0 saturated heterocycles. The lowest BCUT2D eigenvalue weighted by atomic mass is 10.2. The maximum Gasteiger partial charge on any atom is 0.120 e. The van der Waals surface area contributed by atoms with Gasteiger partial charge in [0, 0.05) is 11.4 Å². The fourth-order valence-corrected chi connectivity index (χ4v) is 2.37. The number of furan rings is 1. The second-order valence-electron chi connectivity index (χ2n) is 3.92. The molecule has 2 rings (SSSR count). The maximum absolute atomic E-state index is 5.36. The molecule has 3 nitrogen and oxygen atoms in total. The Morgan fingerprint density at radius 3 is 2.75 bits per heavy atom. The molecule has 16 heavy (non-hydrogen) atoms. The lowest BCUT2D eigenvalue weighted by Crippen LogP contribution is -2.22. The van der Waals surface area contributed by atoms with Crippen molar-refractivity contribution < 1.29 is 4.42 Å². The van der Waals surface area contributed by atoms with E-state index in [1.54, 1.807) is 17.6 Å². The highest BCUT2D eigenvalue weighted by atomic mass is 32.1. The summed E-state index contributed by atoms with van der Waals surface area (Å²) in [6, 6.07) is 4.33. The van der Waals surface area contributed by atoms with Crippen LogP contribution in [0.1, 0.15) is 42.4 Å². The van der Waals surface area contributed by atoms with Crippen molar-refractivity contribution in [2.24, 2.45) is 0 Å². The normalized spacial score (nSPS) is 14.9. The van der Waals surface area contributed by atoms with Crippen LogP contribution in [0, 0.1) is 6.92 Å². The number of rotatable bonds is 4. The van der Waals surface area contributed by atoms with Crippen LogP contribution in [0.3, 0.4) is 0 Å². The molecule has 2 unspecified atom stereocenters. The number of hydrogen-bond acceptors (Lipinski definition) is 4. The Balaban J connectivity index is 2.00.